The molecule has 1 atom stereocenters. The van der Waals surface area contributed by atoms with E-state index in [4.69, 9.17) is 11.6 Å². The molecule has 3 aliphatic heterocycles. The van der Waals surface area contributed by atoms with E-state index in [0.717, 1.165) is 34.3 Å². The first-order valence-corrected chi connectivity index (χ1v) is 15.8. The quantitative estimate of drug-likeness (QED) is 0.221. The number of carbonyl (C=O) groups is 2. The van der Waals surface area contributed by atoms with Crippen LogP contribution in [0, 0.1) is 0 Å². The minimum absolute atomic E-state index is 0.118. The normalized spacial score (nSPS) is 18.8. The molecule has 2 saturated heterocycles. The highest BCUT2D eigenvalue weighted by atomic mass is 35.5. The molecule has 3 aliphatic rings. The molecule has 252 valence electrons. The van der Waals surface area contributed by atoms with Gasteiger partial charge in [0.1, 0.15) is 17.8 Å². The fourth-order valence-electron chi connectivity index (χ4n) is 6.38. The lowest BCUT2D eigenvalue weighted by atomic mass is 10.0. The van der Waals surface area contributed by atoms with E-state index in [1.54, 1.807) is 21.7 Å². The van der Waals surface area contributed by atoms with Gasteiger partial charge >= 0.3 is 12.2 Å². The zero-order chi connectivity index (χ0) is 33.7. The minimum Gasteiger partial charge on any atom is -0.382 e. The lowest BCUT2D eigenvalue weighted by Gasteiger charge is -2.33. The van der Waals surface area contributed by atoms with Gasteiger partial charge in [0, 0.05) is 61.6 Å². The van der Waals surface area contributed by atoms with E-state index in [9.17, 15) is 27.9 Å². The van der Waals surface area contributed by atoms with Crippen LogP contribution in [0.1, 0.15) is 24.8 Å². The number of alkyl halides is 3. The van der Waals surface area contributed by atoms with Gasteiger partial charge < -0.3 is 30.9 Å². The number of rotatable bonds is 7. The third-order valence-corrected chi connectivity index (χ3v) is 9.02. The molecule has 7 rings (SSSR count). The molecule has 4 aromatic rings. The predicted molar refractivity (Wildman–Crippen MR) is 175 cm³/mol. The first kappa shape index (κ1) is 31.8. The number of hydrogen-bond donors (Lipinski definition) is 4. The monoisotopic (exact) mass is 684 g/mol. The van der Waals surface area contributed by atoms with Gasteiger partial charge in [-0.3, -0.25) is 14.4 Å². The van der Waals surface area contributed by atoms with Crippen LogP contribution < -0.4 is 30.7 Å². The third-order valence-electron chi connectivity index (χ3n) is 8.74. The van der Waals surface area contributed by atoms with Crippen LogP contribution in [0.15, 0.2) is 42.6 Å². The first-order chi connectivity index (χ1) is 22.9. The maximum absolute atomic E-state index is 13.0. The van der Waals surface area contributed by atoms with Crippen molar-refractivity contribution in [3.63, 3.8) is 0 Å². The van der Waals surface area contributed by atoms with Crippen LogP contribution >= 0.6 is 11.6 Å². The first-order valence-electron chi connectivity index (χ1n) is 15.5. The number of aromatic nitrogens is 4. The van der Waals surface area contributed by atoms with Crippen molar-refractivity contribution in [3.8, 4) is 0 Å². The summed E-state index contributed by atoms with van der Waals surface area (Å²) in [6.07, 6.45) is -1.93. The van der Waals surface area contributed by atoms with E-state index < -0.39 is 24.9 Å². The summed E-state index contributed by atoms with van der Waals surface area (Å²) in [5.41, 5.74) is 3.08. The fourth-order valence-corrected chi connectivity index (χ4v) is 6.52. The number of aliphatic hydroxyl groups excluding tert-OH is 1. The zero-order valence-electron chi connectivity index (χ0n) is 25.8. The summed E-state index contributed by atoms with van der Waals surface area (Å²) in [5, 5.41) is 24.7. The number of benzene rings is 2. The number of halogens is 4. The summed E-state index contributed by atoms with van der Waals surface area (Å²) < 4.78 is 40.7. The van der Waals surface area contributed by atoms with Gasteiger partial charge in [-0.1, -0.05) is 11.6 Å². The summed E-state index contributed by atoms with van der Waals surface area (Å²) in [5.74, 6) is 0.788. The van der Waals surface area contributed by atoms with E-state index in [1.807, 2.05) is 25.2 Å². The van der Waals surface area contributed by atoms with E-state index in [0.29, 0.717) is 54.9 Å². The highest BCUT2D eigenvalue weighted by Crippen LogP contribution is 2.36. The molecule has 3 amide bonds. The molecule has 17 heteroatoms. The van der Waals surface area contributed by atoms with Crippen LogP contribution in [0.3, 0.4) is 0 Å². The Labute approximate surface area is 277 Å². The smallest absolute Gasteiger partial charge is 0.382 e. The molecule has 0 radical (unpaired) electrons. The predicted octanol–water partition coefficient (Wildman–Crippen LogP) is 4.53. The van der Waals surface area contributed by atoms with E-state index in [1.165, 1.54) is 12.3 Å². The van der Waals surface area contributed by atoms with Crippen LogP contribution in [0.2, 0.25) is 5.02 Å². The highest BCUT2D eigenvalue weighted by molar-refractivity contribution is 6.33. The largest absolute Gasteiger partial charge is 0.406 e. The number of nitrogens with one attached hydrogen (secondary N) is 3. The molecule has 0 bridgehead atoms. The Morgan fingerprint density at radius 3 is 2.58 bits per heavy atom. The molecule has 0 spiro atoms. The number of aliphatic hydroxyl groups is 1. The van der Waals surface area contributed by atoms with Crippen molar-refractivity contribution in [1.82, 2.24) is 25.1 Å². The van der Waals surface area contributed by atoms with Crippen LogP contribution in [-0.2, 0) is 18.3 Å². The van der Waals surface area contributed by atoms with Crippen molar-refractivity contribution in [2.24, 2.45) is 7.05 Å². The molecular weight excluding hydrogens is 653 g/mol. The SMILES string of the molecule is Cn1nc(N2CCC(O)NC2=O)c2ccc(NC3CCN(c4ncc(Cl)c(Nc5ccc6c(c5)CC(=O)N6CC(F)(F)F)n4)CC3)cc21. The molecule has 0 saturated carbocycles. The van der Waals surface area contributed by atoms with Gasteiger partial charge in [0.15, 0.2) is 11.6 Å². The van der Waals surface area contributed by atoms with Gasteiger partial charge in [0.25, 0.3) is 0 Å². The number of anilines is 6. The van der Waals surface area contributed by atoms with Crippen molar-refractivity contribution >= 4 is 69.1 Å². The molecule has 13 nitrogen and oxygen atoms in total. The third kappa shape index (κ3) is 6.36. The number of fused-ring (bicyclic) bond motifs is 2. The number of urea groups is 1. The Balaban J connectivity index is 0.987. The van der Waals surface area contributed by atoms with Crippen LogP contribution in [0.5, 0.6) is 0 Å². The van der Waals surface area contributed by atoms with Gasteiger partial charge in [-0.25, -0.2) is 9.78 Å². The maximum atomic E-state index is 13.0. The van der Waals surface area contributed by atoms with Gasteiger partial charge in [-0.15, -0.1) is 0 Å². The average Bonchev–Trinajstić information content (AvgIpc) is 3.52. The number of nitrogens with zero attached hydrogens (tertiary/aromatic N) is 7. The van der Waals surface area contributed by atoms with Crippen LogP contribution in [0.4, 0.5) is 52.6 Å². The summed E-state index contributed by atoms with van der Waals surface area (Å²) in [6.45, 7) is 0.411. The molecule has 2 aromatic carbocycles. The lowest BCUT2D eigenvalue weighted by Crippen LogP contribution is -2.52. The Bertz CT molecular complexity index is 1900. The lowest BCUT2D eigenvalue weighted by molar-refractivity contribution is -0.131. The second-order valence-electron chi connectivity index (χ2n) is 12.1. The summed E-state index contributed by atoms with van der Waals surface area (Å²) >= 11 is 6.40. The highest BCUT2D eigenvalue weighted by Gasteiger charge is 2.38. The number of carbonyl (C=O) groups excluding carboxylic acids is 2. The Morgan fingerprint density at radius 2 is 1.83 bits per heavy atom. The molecular formula is C31H32ClF3N10O3. The molecule has 2 aromatic heterocycles. The zero-order valence-corrected chi connectivity index (χ0v) is 26.5. The van der Waals surface area contributed by atoms with Gasteiger partial charge in [0.2, 0.25) is 11.9 Å². The number of aryl methyl sites for hydroxylation is 1. The molecule has 4 N–H and O–H groups in total. The Hall–Kier alpha value is -4.83. The number of amides is 3. The topological polar surface area (TPSA) is 144 Å². The van der Waals surface area contributed by atoms with Crippen molar-refractivity contribution in [2.75, 3.05) is 51.5 Å². The van der Waals surface area contributed by atoms with E-state index in [2.05, 4.69) is 35.9 Å². The van der Waals surface area contributed by atoms with Crippen LogP contribution in [0.25, 0.3) is 10.9 Å². The molecule has 0 aliphatic carbocycles. The van der Waals surface area contributed by atoms with Gasteiger partial charge in [-0.2, -0.15) is 23.3 Å². The summed E-state index contributed by atoms with van der Waals surface area (Å²) in [4.78, 5) is 38.1. The maximum Gasteiger partial charge on any atom is 0.406 e. The molecule has 5 heterocycles. The second-order valence-corrected chi connectivity index (χ2v) is 12.5. The van der Waals surface area contributed by atoms with Crippen molar-refractivity contribution in [1.29, 1.82) is 0 Å². The Kier molecular flexibility index (Phi) is 8.15. The van der Waals surface area contributed by atoms with Crippen molar-refractivity contribution in [2.45, 2.75) is 44.1 Å². The molecule has 2 fully saturated rings. The van der Waals surface area contributed by atoms with E-state index in [-0.39, 0.29) is 29.2 Å². The number of piperidine rings is 1. The Morgan fingerprint density at radius 1 is 1.06 bits per heavy atom. The minimum atomic E-state index is -4.50. The van der Waals surface area contributed by atoms with Gasteiger partial charge in [0.05, 0.1) is 18.1 Å². The standard InChI is InChI=1S/C31H32ClF3N10O3/c1-42-24-14-20(2-4-21(24)28(41-42)44-11-8-25(46)39-30(44)48)37-18-6-9-43(10-7-18)29-36-15-22(32)27(40-29)38-19-3-5-23-17(12-19)13-26(47)45(23)16-31(33,34)35/h2-5,12,14-15,18,25,37,46H,6-11,13,16H2,1H3,(H,39,48)(H,36,38,40). The van der Waals surface area contributed by atoms with E-state index >= 15 is 0 Å². The molecule has 48 heavy (non-hydrogen) atoms. The average molecular weight is 685 g/mol. The van der Waals surface area contributed by atoms with Crippen LogP contribution in [-0.4, -0.2) is 81.4 Å². The summed E-state index contributed by atoms with van der Waals surface area (Å²) in [6, 6.07) is 10.5. The summed E-state index contributed by atoms with van der Waals surface area (Å²) in [7, 11) is 1.83. The fraction of sp³-hybridized carbons (Fsp3) is 0.387. The van der Waals surface area contributed by atoms with Crippen molar-refractivity contribution < 1.29 is 27.9 Å². The number of hydrogen-bond acceptors (Lipinski definition) is 9. The second kappa shape index (κ2) is 12.3. The molecule has 1 unspecified atom stereocenters. The van der Waals surface area contributed by atoms with Crippen molar-refractivity contribution in [3.05, 3.63) is 53.2 Å². The van der Waals surface area contributed by atoms with Gasteiger partial charge in [-0.05, 0) is 54.8 Å².